The summed E-state index contributed by atoms with van der Waals surface area (Å²) in [5, 5.41) is 1.24. The first kappa shape index (κ1) is 17.5. The minimum atomic E-state index is -0.223. The molecule has 1 aliphatic heterocycles. The first-order valence-electron chi connectivity index (χ1n) is 10.4. The quantitative estimate of drug-likeness (QED) is 0.620. The van der Waals surface area contributed by atoms with Crippen molar-refractivity contribution < 1.29 is 9.53 Å². The number of nitrogens with zero attached hydrogens (tertiary/aromatic N) is 2. The van der Waals surface area contributed by atoms with Gasteiger partial charge in [0.15, 0.2) is 0 Å². The fraction of sp³-hybridized carbons (Fsp3) is 0.375. The highest BCUT2D eigenvalue weighted by atomic mass is 16.5. The third-order valence-corrected chi connectivity index (χ3v) is 6.22. The average molecular weight is 374 g/mol. The summed E-state index contributed by atoms with van der Waals surface area (Å²) >= 11 is 0. The lowest BCUT2D eigenvalue weighted by atomic mass is 9.89. The third-order valence-electron chi connectivity index (χ3n) is 6.22. The van der Waals surface area contributed by atoms with Gasteiger partial charge in [-0.3, -0.25) is 4.90 Å². The molecule has 3 aromatic rings. The standard InChI is InChI=1S/C24H26N2O2/c1-2-28-24(27)18-11-12-21-20(15-18)19-9-6-10-22-23(19)26(21)14-13-25(22)16-17-7-4-3-5-8-17/h3-5,7-8,11-12,15,22H,2,6,9-10,13-14,16H2,1H3. The number of carbonyl (C=O) groups is 1. The van der Waals surface area contributed by atoms with Crippen LogP contribution in [0.2, 0.25) is 0 Å². The molecule has 2 heterocycles. The highest BCUT2D eigenvalue weighted by Crippen LogP contribution is 2.43. The topological polar surface area (TPSA) is 34.5 Å². The molecule has 0 N–H and O–H groups in total. The van der Waals surface area contributed by atoms with Gasteiger partial charge >= 0.3 is 5.97 Å². The summed E-state index contributed by atoms with van der Waals surface area (Å²) in [6.07, 6.45) is 3.51. The molecule has 0 spiro atoms. The van der Waals surface area contributed by atoms with Gasteiger partial charge in [0.25, 0.3) is 0 Å². The van der Waals surface area contributed by atoms with Crippen LogP contribution in [0, 0.1) is 0 Å². The minimum absolute atomic E-state index is 0.223. The molecule has 0 amide bonds. The molecule has 0 fully saturated rings. The molecule has 1 aliphatic carbocycles. The number of aryl methyl sites for hydroxylation is 1. The van der Waals surface area contributed by atoms with E-state index in [-0.39, 0.29) is 5.97 Å². The van der Waals surface area contributed by atoms with Crippen LogP contribution in [-0.2, 0) is 24.2 Å². The van der Waals surface area contributed by atoms with E-state index < -0.39 is 0 Å². The largest absolute Gasteiger partial charge is 0.462 e. The second kappa shape index (κ2) is 7.10. The Morgan fingerprint density at radius 3 is 2.82 bits per heavy atom. The van der Waals surface area contributed by atoms with Gasteiger partial charge in [-0.2, -0.15) is 0 Å². The van der Waals surface area contributed by atoms with Gasteiger partial charge in [-0.1, -0.05) is 30.3 Å². The fourth-order valence-corrected chi connectivity index (χ4v) is 5.03. The Morgan fingerprint density at radius 2 is 2.00 bits per heavy atom. The van der Waals surface area contributed by atoms with E-state index in [0.717, 1.165) is 26.1 Å². The maximum Gasteiger partial charge on any atom is 0.338 e. The molecule has 1 atom stereocenters. The lowest BCUT2D eigenvalue weighted by molar-refractivity contribution is 0.0526. The number of hydrogen-bond donors (Lipinski definition) is 0. The van der Waals surface area contributed by atoms with Gasteiger partial charge in [-0.05, 0) is 55.5 Å². The maximum absolute atomic E-state index is 12.2. The highest BCUT2D eigenvalue weighted by molar-refractivity contribution is 5.96. The van der Waals surface area contributed by atoms with E-state index in [4.69, 9.17) is 4.74 Å². The van der Waals surface area contributed by atoms with E-state index in [9.17, 15) is 4.79 Å². The summed E-state index contributed by atoms with van der Waals surface area (Å²) in [4.78, 5) is 14.9. The second-order valence-corrected chi connectivity index (χ2v) is 7.83. The van der Waals surface area contributed by atoms with Crippen molar-refractivity contribution in [2.45, 2.75) is 45.3 Å². The molecule has 0 radical (unpaired) electrons. The normalized spacial score (nSPS) is 18.8. The number of ether oxygens (including phenoxy) is 1. The van der Waals surface area contributed by atoms with E-state index in [2.05, 4.69) is 51.9 Å². The Kier molecular flexibility index (Phi) is 4.44. The van der Waals surface area contributed by atoms with Crippen LogP contribution in [0.15, 0.2) is 48.5 Å². The van der Waals surface area contributed by atoms with Crippen molar-refractivity contribution in [3.8, 4) is 0 Å². The molecule has 28 heavy (non-hydrogen) atoms. The number of carbonyl (C=O) groups excluding carboxylic acids is 1. The van der Waals surface area contributed by atoms with Gasteiger partial charge in [-0.15, -0.1) is 0 Å². The van der Waals surface area contributed by atoms with Crippen LogP contribution >= 0.6 is 0 Å². The Labute approximate surface area is 165 Å². The predicted octanol–water partition coefficient (Wildman–Crippen LogP) is 4.71. The highest BCUT2D eigenvalue weighted by Gasteiger charge is 2.34. The fourth-order valence-electron chi connectivity index (χ4n) is 5.03. The van der Waals surface area contributed by atoms with E-state index in [1.807, 2.05) is 13.0 Å². The van der Waals surface area contributed by atoms with Crippen molar-refractivity contribution in [2.24, 2.45) is 0 Å². The van der Waals surface area contributed by atoms with Crippen LogP contribution in [0.3, 0.4) is 0 Å². The summed E-state index contributed by atoms with van der Waals surface area (Å²) in [6, 6.07) is 17.3. The van der Waals surface area contributed by atoms with Crippen LogP contribution in [0.5, 0.6) is 0 Å². The molecular weight excluding hydrogens is 348 g/mol. The Morgan fingerprint density at radius 1 is 1.14 bits per heavy atom. The number of fused-ring (bicyclic) bond motifs is 3. The van der Waals surface area contributed by atoms with Crippen molar-refractivity contribution in [1.82, 2.24) is 9.47 Å². The number of aromatic nitrogens is 1. The zero-order valence-corrected chi connectivity index (χ0v) is 16.4. The van der Waals surface area contributed by atoms with Crippen LogP contribution in [0.25, 0.3) is 10.9 Å². The zero-order chi connectivity index (χ0) is 19.1. The van der Waals surface area contributed by atoms with E-state index in [0.29, 0.717) is 18.2 Å². The lowest BCUT2D eigenvalue weighted by Crippen LogP contribution is -2.39. The molecular formula is C24H26N2O2. The van der Waals surface area contributed by atoms with E-state index >= 15 is 0 Å². The summed E-state index contributed by atoms with van der Waals surface area (Å²) in [5.74, 6) is -0.223. The molecule has 1 unspecified atom stereocenters. The smallest absolute Gasteiger partial charge is 0.338 e. The van der Waals surface area contributed by atoms with Gasteiger partial charge in [0.2, 0.25) is 0 Å². The van der Waals surface area contributed by atoms with Crippen molar-refractivity contribution in [3.05, 3.63) is 70.9 Å². The van der Waals surface area contributed by atoms with Gasteiger partial charge in [0, 0.05) is 36.2 Å². The summed E-state index contributed by atoms with van der Waals surface area (Å²) in [5.41, 5.74) is 6.23. The Hall–Kier alpha value is -2.59. The first-order valence-corrected chi connectivity index (χ1v) is 10.4. The SMILES string of the molecule is CCOC(=O)c1ccc2c(c1)c1c3n2CCN(Cc2ccccc2)C3CCC1. The van der Waals surface area contributed by atoms with Crippen molar-refractivity contribution in [2.75, 3.05) is 13.2 Å². The summed E-state index contributed by atoms with van der Waals surface area (Å²) < 4.78 is 7.72. The molecule has 0 saturated heterocycles. The van der Waals surface area contributed by atoms with Gasteiger partial charge in [0.1, 0.15) is 0 Å². The number of benzene rings is 2. The Bertz CT molecular complexity index is 1020. The molecule has 144 valence electrons. The Balaban J connectivity index is 1.55. The van der Waals surface area contributed by atoms with Crippen molar-refractivity contribution >= 4 is 16.9 Å². The van der Waals surface area contributed by atoms with Crippen LogP contribution in [0.4, 0.5) is 0 Å². The van der Waals surface area contributed by atoms with Crippen molar-refractivity contribution in [3.63, 3.8) is 0 Å². The molecule has 0 bridgehead atoms. The number of esters is 1. The van der Waals surface area contributed by atoms with Gasteiger partial charge < -0.3 is 9.30 Å². The first-order chi connectivity index (χ1) is 13.8. The van der Waals surface area contributed by atoms with E-state index in [1.54, 1.807) is 0 Å². The number of rotatable bonds is 4. The van der Waals surface area contributed by atoms with Crippen molar-refractivity contribution in [1.29, 1.82) is 0 Å². The summed E-state index contributed by atoms with van der Waals surface area (Å²) in [7, 11) is 0. The van der Waals surface area contributed by atoms with Gasteiger partial charge in [0.05, 0.1) is 18.2 Å². The minimum Gasteiger partial charge on any atom is -0.462 e. The molecule has 4 nitrogen and oxygen atoms in total. The van der Waals surface area contributed by atoms with Crippen LogP contribution in [0.1, 0.15) is 53.0 Å². The monoisotopic (exact) mass is 374 g/mol. The lowest BCUT2D eigenvalue weighted by Gasteiger charge is -2.40. The third kappa shape index (κ3) is 2.83. The molecule has 2 aromatic carbocycles. The maximum atomic E-state index is 12.2. The molecule has 5 rings (SSSR count). The molecule has 2 aliphatic rings. The summed E-state index contributed by atoms with van der Waals surface area (Å²) in [6.45, 7) is 5.33. The van der Waals surface area contributed by atoms with Crippen LogP contribution in [-0.4, -0.2) is 28.6 Å². The predicted molar refractivity (Wildman–Crippen MR) is 110 cm³/mol. The molecule has 4 heteroatoms. The molecule has 0 saturated carbocycles. The second-order valence-electron chi connectivity index (χ2n) is 7.83. The average Bonchev–Trinajstić information content (AvgIpc) is 3.06. The van der Waals surface area contributed by atoms with E-state index in [1.165, 1.54) is 40.6 Å². The molecule has 1 aromatic heterocycles. The zero-order valence-electron chi connectivity index (χ0n) is 16.4. The van der Waals surface area contributed by atoms with Crippen LogP contribution < -0.4 is 0 Å². The number of hydrogen-bond acceptors (Lipinski definition) is 3. The van der Waals surface area contributed by atoms with Gasteiger partial charge in [-0.25, -0.2) is 4.79 Å².